The Morgan fingerprint density at radius 1 is 1.17 bits per heavy atom. The van der Waals surface area contributed by atoms with Crippen LogP contribution in [-0.2, 0) is 10.0 Å². The fourth-order valence-electron chi connectivity index (χ4n) is 4.38. The highest BCUT2D eigenvalue weighted by Crippen LogP contribution is 2.32. The Morgan fingerprint density at radius 3 is 2.43 bits per heavy atom. The van der Waals surface area contributed by atoms with Crippen molar-refractivity contribution in [1.82, 2.24) is 18.8 Å². The van der Waals surface area contributed by atoms with Gasteiger partial charge in [0, 0.05) is 36.8 Å². The van der Waals surface area contributed by atoms with Crippen molar-refractivity contribution >= 4 is 27.0 Å². The zero-order valence-corrected chi connectivity index (χ0v) is 17.5. The van der Waals surface area contributed by atoms with Gasteiger partial charge in [-0.1, -0.05) is 12.8 Å². The maximum atomic E-state index is 13.4. The number of nitrogens with one attached hydrogen (secondary N) is 1. The summed E-state index contributed by atoms with van der Waals surface area (Å²) < 4.78 is 53.0. The van der Waals surface area contributed by atoms with Crippen LogP contribution in [0, 0.1) is 0 Å². The normalized spacial score (nSPS) is 19.7. The van der Waals surface area contributed by atoms with E-state index in [2.05, 4.69) is 15.3 Å². The number of hydrogen-bond donors (Lipinski definition) is 1. The zero-order chi connectivity index (χ0) is 21.5. The second-order valence-electron chi connectivity index (χ2n) is 8.07. The van der Waals surface area contributed by atoms with E-state index < -0.39 is 27.6 Å². The minimum atomic E-state index is -3.21. The fraction of sp³-hybridized carbons (Fsp3) is 0.632. The molecule has 0 atom stereocenters. The van der Waals surface area contributed by atoms with Gasteiger partial charge < -0.3 is 5.32 Å². The average molecular weight is 442 g/mol. The molecule has 1 saturated heterocycles. The van der Waals surface area contributed by atoms with Gasteiger partial charge >= 0.3 is 0 Å². The lowest BCUT2D eigenvalue weighted by atomic mass is 10.1. The number of fused-ring (bicyclic) bond motifs is 1. The van der Waals surface area contributed by atoms with Gasteiger partial charge in [0.25, 0.3) is 12.0 Å². The first kappa shape index (κ1) is 21.1. The van der Waals surface area contributed by atoms with Gasteiger partial charge in [-0.3, -0.25) is 9.36 Å². The number of pyridine rings is 1. The molecule has 2 aliphatic rings. The molecule has 1 aliphatic carbocycles. The van der Waals surface area contributed by atoms with Gasteiger partial charge in [0.1, 0.15) is 5.65 Å². The minimum Gasteiger partial charge on any atom is -0.351 e. The molecular formula is C19H25F2N5O3S. The molecule has 0 bridgehead atoms. The van der Waals surface area contributed by atoms with E-state index >= 15 is 0 Å². The van der Waals surface area contributed by atoms with Crippen LogP contribution in [0.1, 0.15) is 56.6 Å². The molecule has 4 rings (SSSR count). The van der Waals surface area contributed by atoms with Gasteiger partial charge in [-0.15, -0.1) is 0 Å². The van der Waals surface area contributed by atoms with Gasteiger partial charge in [0.2, 0.25) is 16.0 Å². The second-order valence-corrected chi connectivity index (χ2v) is 10.0. The summed E-state index contributed by atoms with van der Waals surface area (Å²) >= 11 is 0. The smallest absolute Gasteiger partial charge is 0.269 e. The minimum absolute atomic E-state index is 0.00700. The van der Waals surface area contributed by atoms with Gasteiger partial charge in [-0.05, 0) is 31.7 Å². The quantitative estimate of drug-likeness (QED) is 0.766. The first-order valence-corrected chi connectivity index (χ1v) is 12.0. The van der Waals surface area contributed by atoms with E-state index in [1.165, 1.54) is 27.4 Å². The second kappa shape index (κ2) is 8.18. The SMILES string of the molecule is CS(=O)(=O)N1CCC(Nc2ncc3cc(C(F)F)c(=O)n(C4CCCC4)c3n2)CC1. The van der Waals surface area contributed by atoms with Crippen molar-refractivity contribution in [3.8, 4) is 0 Å². The first-order chi connectivity index (χ1) is 14.2. The number of hydrogen-bond acceptors (Lipinski definition) is 6. The summed E-state index contributed by atoms with van der Waals surface area (Å²) in [7, 11) is -3.21. The fourth-order valence-corrected chi connectivity index (χ4v) is 5.26. The number of aromatic nitrogens is 3. The lowest BCUT2D eigenvalue weighted by Crippen LogP contribution is -2.42. The van der Waals surface area contributed by atoms with E-state index in [0.717, 1.165) is 25.7 Å². The highest BCUT2D eigenvalue weighted by Gasteiger charge is 2.27. The molecule has 0 spiro atoms. The molecule has 11 heteroatoms. The third-order valence-corrected chi connectivity index (χ3v) is 7.29. The molecule has 164 valence electrons. The molecular weight excluding hydrogens is 416 g/mol. The topological polar surface area (TPSA) is 97.2 Å². The molecule has 1 N–H and O–H groups in total. The summed E-state index contributed by atoms with van der Waals surface area (Å²) in [6.45, 7) is 0.823. The Balaban J connectivity index is 1.64. The largest absolute Gasteiger partial charge is 0.351 e. The van der Waals surface area contributed by atoms with Crippen LogP contribution >= 0.6 is 0 Å². The maximum absolute atomic E-state index is 13.4. The predicted molar refractivity (Wildman–Crippen MR) is 109 cm³/mol. The van der Waals surface area contributed by atoms with Crippen LogP contribution in [0.4, 0.5) is 14.7 Å². The van der Waals surface area contributed by atoms with Crippen molar-refractivity contribution in [3.63, 3.8) is 0 Å². The number of piperidine rings is 1. The van der Waals surface area contributed by atoms with Crippen LogP contribution in [0.5, 0.6) is 0 Å². The average Bonchev–Trinajstić information content (AvgIpc) is 3.21. The van der Waals surface area contributed by atoms with Crippen LogP contribution in [0.2, 0.25) is 0 Å². The van der Waals surface area contributed by atoms with Crippen molar-refractivity contribution in [2.75, 3.05) is 24.7 Å². The standard InChI is InChI=1S/C19H25F2N5O3S/c1-30(28,29)25-8-6-13(7-9-25)23-19-22-11-12-10-15(16(20)21)18(27)26(17(12)24-19)14-4-2-3-5-14/h10-11,13-14,16H,2-9H2,1H3,(H,22,23,24). The summed E-state index contributed by atoms with van der Waals surface area (Å²) in [6, 6.07) is 1.04. The molecule has 0 radical (unpaired) electrons. The number of nitrogens with zero attached hydrogens (tertiary/aromatic N) is 4. The Labute approximate surface area is 173 Å². The Bertz CT molecular complexity index is 1090. The summed E-state index contributed by atoms with van der Waals surface area (Å²) in [5.74, 6) is 0.316. The van der Waals surface area contributed by atoms with Crippen molar-refractivity contribution in [2.24, 2.45) is 0 Å². The van der Waals surface area contributed by atoms with Crippen LogP contribution in [0.3, 0.4) is 0 Å². The highest BCUT2D eigenvalue weighted by atomic mass is 32.2. The zero-order valence-electron chi connectivity index (χ0n) is 16.7. The number of anilines is 1. The van der Waals surface area contributed by atoms with E-state index in [0.29, 0.717) is 42.9 Å². The number of sulfonamides is 1. The maximum Gasteiger partial charge on any atom is 0.269 e. The summed E-state index contributed by atoms with van der Waals surface area (Å²) in [4.78, 5) is 21.5. The predicted octanol–water partition coefficient (Wildman–Crippen LogP) is 2.68. The van der Waals surface area contributed by atoms with Crippen molar-refractivity contribution in [3.05, 3.63) is 28.2 Å². The first-order valence-electron chi connectivity index (χ1n) is 10.2. The van der Waals surface area contributed by atoms with Gasteiger partial charge in [0.15, 0.2) is 0 Å². The molecule has 1 aliphatic heterocycles. The molecule has 0 amide bonds. The molecule has 3 heterocycles. The third kappa shape index (κ3) is 4.18. The van der Waals surface area contributed by atoms with E-state index in [4.69, 9.17) is 0 Å². The van der Waals surface area contributed by atoms with Crippen molar-refractivity contribution < 1.29 is 17.2 Å². The van der Waals surface area contributed by atoms with E-state index in [1.807, 2.05) is 0 Å². The highest BCUT2D eigenvalue weighted by molar-refractivity contribution is 7.88. The van der Waals surface area contributed by atoms with Gasteiger partial charge in [-0.25, -0.2) is 26.5 Å². The third-order valence-electron chi connectivity index (χ3n) is 5.98. The molecule has 8 nitrogen and oxygen atoms in total. The van der Waals surface area contributed by atoms with Crippen molar-refractivity contribution in [2.45, 2.75) is 57.0 Å². The number of halogens is 2. The molecule has 2 aromatic heterocycles. The molecule has 30 heavy (non-hydrogen) atoms. The van der Waals surface area contributed by atoms with Crippen LogP contribution in [-0.4, -0.2) is 52.6 Å². The van der Waals surface area contributed by atoms with Crippen molar-refractivity contribution in [1.29, 1.82) is 0 Å². The Kier molecular flexibility index (Phi) is 5.75. The lowest BCUT2D eigenvalue weighted by Gasteiger charge is -2.30. The Morgan fingerprint density at radius 2 is 1.83 bits per heavy atom. The van der Waals surface area contributed by atoms with Gasteiger partial charge in [-0.2, -0.15) is 4.98 Å². The monoisotopic (exact) mass is 441 g/mol. The summed E-state index contributed by atoms with van der Waals surface area (Å²) in [5, 5.41) is 3.62. The Hall–Kier alpha value is -2.14. The van der Waals surface area contributed by atoms with Crippen LogP contribution in [0.25, 0.3) is 11.0 Å². The van der Waals surface area contributed by atoms with Crippen LogP contribution in [0.15, 0.2) is 17.1 Å². The summed E-state index contributed by atoms with van der Waals surface area (Å²) in [5.41, 5.74) is -0.843. The van der Waals surface area contributed by atoms with E-state index in [-0.39, 0.29) is 12.1 Å². The van der Waals surface area contributed by atoms with E-state index in [1.54, 1.807) is 0 Å². The molecule has 1 saturated carbocycles. The van der Waals surface area contributed by atoms with E-state index in [9.17, 15) is 22.0 Å². The molecule has 2 aromatic rings. The van der Waals surface area contributed by atoms with Crippen LogP contribution < -0.4 is 10.9 Å². The molecule has 2 fully saturated rings. The number of alkyl halides is 2. The van der Waals surface area contributed by atoms with Gasteiger partial charge in [0.05, 0.1) is 11.8 Å². The lowest BCUT2D eigenvalue weighted by molar-refractivity contribution is 0.149. The number of rotatable bonds is 5. The summed E-state index contributed by atoms with van der Waals surface area (Å²) in [6.07, 6.45) is 4.45. The molecule has 0 unspecified atom stereocenters. The molecule has 0 aromatic carbocycles.